The van der Waals surface area contributed by atoms with Crippen molar-refractivity contribution in [1.29, 1.82) is 0 Å². The van der Waals surface area contributed by atoms with Crippen LogP contribution in [0.15, 0.2) is 0 Å². The Kier molecular flexibility index (Phi) is 5.65. The molecule has 0 aromatic rings. The number of unbranched alkanes of at least 4 members (excludes halogenated alkanes) is 1. The average Bonchev–Trinajstić information content (AvgIpc) is 2.20. The van der Waals surface area contributed by atoms with Gasteiger partial charge in [0.05, 0.1) is 0 Å². The number of likely N-dealkylation sites (tertiary alicyclic amines) is 1. The van der Waals surface area contributed by atoms with Gasteiger partial charge in [0.1, 0.15) is 0 Å². The van der Waals surface area contributed by atoms with Gasteiger partial charge in [0, 0.05) is 13.0 Å². The maximum absolute atomic E-state index is 10.5. The molecule has 0 aromatic heterocycles. The van der Waals surface area contributed by atoms with Gasteiger partial charge in [0.25, 0.3) is 0 Å². The van der Waals surface area contributed by atoms with E-state index in [1.165, 1.54) is 0 Å². The minimum absolute atomic E-state index is 0.273. The number of aliphatic carboxylic acids is 1. The number of rotatable bonds is 6. The molecule has 0 aliphatic carbocycles. The highest BCUT2D eigenvalue weighted by molar-refractivity contribution is 5.67. The van der Waals surface area contributed by atoms with Crippen LogP contribution in [0, 0.1) is 5.92 Å². The van der Waals surface area contributed by atoms with E-state index < -0.39 is 5.97 Å². The van der Waals surface area contributed by atoms with Gasteiger partial charge in [0.2, 0.25) is 0 Å². The summed E-state index contributed by atoms with van der Waals surface area (Å²) in [4.78, 5) is 12.9. The van der Waals surface area contributed by atoms with E-state index in [2.05, 4.69) is 4.90 Å². The Hall–Kier alpha value is -0.610. The second-order valence-corrected chi connectivity index (χ2v) is 4.31. The summed E-state index contributed by atoms with van der Waals surface area (Å²) in [5.41, 5.74) is 0. The number of piperidine rings is 1. The Morgan fingerprint density at radius 2 is 1.93 bits per heavy atom. The van der Waals surface area contributed by atoms with Crippen molar-refractivity contribution in [3.8, 4) is 0 Å². The maximum atomic E-state index is 10.5. The van der Waals surface area contributed by atoms with Crippen molar-refractivity contribution >= 4 is 5.97 Å². The van der Waals surface area contributed by atoms with Gasteiger partial charge in [-0.1, -0.05) is 0 Å². The summed E-state index contributed by atoms with van der Waals surface area (Å²) in [7, 11) is 0. The van der Waals surface area contributed by atoms with Crippen LogP contribution in [0.2, 0.25) is 0 Å². The molecule has 4 nitrogen and oxygen atoms in total. The van der Waals surface area contributed by atoms with E-state index >= 15 is 0 Å². The van der Waals surface area contributed by atoms with Gasteiger partial charge >= 0.3 is 5.97 Å². The molecule has 1 heterocycles. The molecule has 1 fully saturated rings. The van der Waals surface area contributed by atoms with Crippen molar-refractivity contribution in [2.45, 2.75) is 32.1 Å². The molecule has 1 aliphatic rings. The zero-order valence-electron chi connectivity index (χ0n) is 9.19. The molecule has 2 N–H and O–H groups in total. The number of carbonyl (C=O) groups is 1. The monoisotopic (exact) mass is 215 g/mol. The van der Waals surface area contributed by atoms with Gasteiger partial charge < -0.3 is 15.1 Å². The first kappa shape index (κ1) is 12.5. The molecule has 0 amide bonds. The van der Waals surface area contributed by atoms with E-state index in [1.54, 1.807) is 0 Å². The van der Waals surface area contributed by atoms with E-state index in [0.717, 1.165) is 45.3 Å². The van der Waals surface area contributed by atoms with Crippen molar-refractivity contribution in [3.05, 3.63) is 0 Å². The third kappa shape index (κ3) is 5.14. The van der Waals surface area contributed by atoms with Gasteiger partial charge in [-0.25, -0.2) is 0 Å². The first-order chi connectivity index (χ1) is 7.22. The van der Waals surface area contributed by atoms with Crippen LogP contribution >= 0.6 is 0 Å². The average molecular weight is 215 g/mol. The van der Waals surface area contributed by atoms with E-state index in [9.17, 15) is 4.79 Å². The molecule has 0 atom stereocenters. The third-order valence-corrected chi connectivity index (χ3v) is 3.05. The fourth-order valence-electron chi connectivity index (χ4n) is 2.11. The lowest BCUT2D eigenvalue weighted by atomic mass is 9.93. The van der Waals surface area contributed by atoms with Crippen LogP contribution in [-0.2, 0) is 4.79 Å². The summed E-state index contributed by atoms with van der Waals surface area (Å²) >= 11 is 0. The van der Waals surface area contributed by atoms with Crippen LogP contribution in [0.25, 0.3) is 0 Å². The summed E-state index contributed by atoms with van der Waals surface area (Å²) < 4.78 is 0. The van der Waals surface area contributed by atoms with Crippen molar-refractivity contribution < 1.29 is 15.0 Å². The van der Waals surface area contributed by atoms with Crippen molar-refractivity contribution in [1.82, 2.24) is 4.90 Å². The van der Waals surface area contributed by atoms with Crippen LogP contribution in [-0.4, -0.2) is 47.3 Å². The number of aliphatic hydroxyl groups is 1. The summed E-state index contributed by atoms with van der Waals surface area (Å²) in [6.07, 6.45) is 4.25. The van der Waals surface area contributed by atoms with Crippen molar-refractivity contribution in [2.75, 3.05) is 26.2 Å². The largest absolute Gasteiger partial charge is 0.481 e. The fraction of sp³-hybridized carbons (Fsp3) is 0.909. The molecule has 0 saturated carbocycles. The molecule has 1 saturated heterocycles. The Morgan fingerprint density at radius 3 is 2.47 bits per heavy atom. The normalized spacial score (nSPS) is 19.3. The first-order valence-electron chi connectivity index (χ1n) is 5.77. The Bertz CT molecular complexity index is 188. The highest BCUT2D eigenvalue weighted by Crippen LogP contribution is 2.20. The molecule has 15 heavy (non-hydrogen) atoms. The smallest absolute Gasteiger partial charge is 0.303 e. The molecule has 1 rings (SSSR count). The van der Waals surface area contributed by atoms with Crippen LogP contribution in [0.5, 0.6) is 0 Å². The summed E-state index contributed by atoms with van der Waals surface area (Å²) in [6, 6.07) is 0. The molecular weight excluding hydrogens is 194 g/mol. The maximum Gasteiger partial charge on any atom is 0.303 e. The number of hydrogen-bond donors (Lipinski definition) is 2. The van der Waals surface area contributed by atoms with Gasteiger partial charge in [-0.15, -0.1) is 0 Å². The standard InChI is InChI=1S/C11H21NO3/c13-8-2-1-5-12-6-3-10(4-7-12)9-11(14)15/h10,13H,1-9H2,(H,14,15). The van der Waals surface area contributed by atoms with Crippen LogP contribution in [0.3, 0.4) is 0 Å². The Morgan fingerprint density at radius 1 is 1.27 bits per heavy atom. The molecule has 0 unspecified atom stereocenters. The lowest BCUT2D eigenvalue weighted by Gasteiger charge is -2.31. The molecule has 4 heteroatoms. The minimum atomic E-state index is -0.672. The molecular formula is C11H21NO3. The topological polar surface area (TPSA) is 60.8 Å². The quantitative estimate of drug-likeness (QED) is 0.647. The van der Waals surface area contributed by atoms with Gasteiger partial charge in [0.15, 0.2) is 0 Å². The predicted octanol–water partition coefficient (Wildman–Crippen LogP) is 0.946. The van der Waals surface area contributed by atoms with Crippen molar-refractivity contribution in [3.63, 3.8) is 0 Å². The highest BCUT2D eigenvalue weighted by Gasteiger charge is 2.20. The number of nitrogens with zero attached hydrogens (tertiary/aromatic N) is 1. The molecule has 0 aromatic carbocycles. The first-order valence-corrected chi connectivity index (χ1v) is 5.77. The molecule has 0 radical (unpaired) electrons. The predicted molar refractivity (Wildman–Crippen MR) is 57.7 cm³/mol. The van der Waals surface area contributed by atoms with E-state index in [4.69, 9.17) is 10.2 Å². The van der Waals surface area contributed by atoms with E-state index in [-0.39, 0.29) is 6.61 Å². The number of carboxylic acids is 1. The van der Waals surface area contributed by atoms with Crippen LogP contribution in [0.1, 0.15) is 32.1 Å². The fourth-order valence-corrected chi connectivity index (χ4v) is 2.11. The second kappa shape index (κ2) is 6.80. The van der Waals surface area contributed by atoms with Crippen molar-refractivity contribution in [2.24, 2.45) is 5.92 Å². The lowest BCUT2D eigenvalue weighted by Crippen LogP contribution is -2.35. The highest BCUT2D eigenvalue weighted by atomic mass is 16.4. The number of hydrogen-bond acceptors (Lipinski definition) is 3. The molecule has 1 aliphatic heterocycles. The van der Waals surface area contributed by atoms with Gasteiger partial charge in [-0.2, -0.15) is 0 Å². The Balaban J connectivity index is 2.10. The zero-order valence-corrected chi connectivity index (χ0v) is 9.19. The summed E-state index contributed by atoms with van der Waals surface area (Å²) in [6.45, 7) is 3.35. The molecule has 88 valence electrons. The zero-order chi connectivity index (χ0) is 11.1. The Labute approximate surface area is 90.9 Å². The third-order valence-electron chi connectivity index (χ3n) is 3.05. The van der Waals surface area contributed by atoms with Crippen LogP contribution in [0.4, 0.5) is 0 Å². The summed E-state index contributed by atoms with van der Waals surface area (Å²) in [5, 5.41) is 17.3. The number of carboxylic acid groups (broad SMARTS) is 1. The lowest BCUT2D eigenvalue weighted by molar-refractivity contribution is -0.138. The van der Waals surface area contributed by atoms with Crippen LogP contribution < -0.4 is 0 Å². The second-order valence-electron chi connectivity index (χ2n) is 4.31. The summed E-state index contributed by atoms with van der Waals surface area (Å²) in [5.74, 6) is -0.301. The number of aliphatic hydroxyl groups excluding tert-OH is 1. The van der Waals surface area contributed by atoms with E-state index in [1.807, 2.05) is 0 Å². The van der Waals surface area contributed by atoms with E-state index in [0.29, 0.717) is 12.3 Å². The SMILES string of the molecule is O=C(O)CC1CCN(CCCCO)CC1. The van der Waals surface area contributed by atoms with Gasteiger partial charge in [-0.05, 0) is 51.2 Å². The van der Waals surface area contributed by atoms with Gasteiger partial charge in [-0.3, -0.25) is 4.79 Å². The molecule has 0 bridgehead atoms. The minimum Gasteiger partial charge on any atom is -0.481 e. The molecule has 0 spiro atoms.